The molecule has 4 rings (SSSR count). The summed E-state index contributed by atoms with van der Waals surface area (Å²) in [6, 6.07) is 12.9. The molecule has 1 aliphatic rings. The Hall–Kier alpha value is -3.22. The number of methoxy groups -OCH3 is 1. The number of hydrogen-bond acceptors (Lipinski definition) is 5. The van der Waals surface area contributed by atoms with Crippen LogP contribution in [0.15, 0.2) is 64.8 Å². The number of halogens is 2. The number of likely N-dealkylation sites (tertiary alicyclic amines) is 1. The molecule has 0 spiro atoms. The summed E-state index contributed by atoms with van der Waals surface area (Å²) in [6.45, 7) is 1.97. The minimum atomic E-state index is -0.820. The van der Waals surface area contributed by atoms with E-state index in [4.69, 9.17) is 32.4 Å². The lowest BCUT2D eigenvalue weighted by atomic mass is 9.94. The minimum Gasteiger partial charge on any atom is -0.507 e. The summed E-state index contributed by atoms with van der Waals surface area (Å²) in [6.07, 6.45) is 1.49. The molecule has 0 aliphatic carbocycles. The van der Waals surface area contributed by atoms with E-state index in [2.05, 4.69) is 0 Å². The molecule has 0 radical (unpaired) electrons. The highest BCUT2D eigenvalue weighted by molar-refractivity contribution is 6.46. The Bertz CT molecular complexity index is 1210. The number of hydrogen-bond donors (Lipinski definition) is 1. The number of furan rings is 1. The van der Waals surface area contributed by atoms with Gasteiger partial charge in [0.05, 0.1) is 41.6 Å². The topological polar surface area (TPSA) is 80.0 Å². The Morgan fingerprint density at radius 3 is 2.44 bits per heavy atom. The molecule has 2 heterocycles. The number of ketones is 1. The molecule has 0 saturated carbocycles. The Labute approximate surface area is 194 Å². The van der Waals surface area contributed by atoms with Crippen molar-refractivity contribution in [3.63, 3.8) is 0 Å². The fraction of sp³-hybridized carbons (Fsp3) is 0.167. The zero-order valence-electron chi connectivity index (χ0n) is 17.3. The first-order valence-corrected chi connectivity index (χ1v) is 10.5. The Kier molecular flexibility index (Phi) is 6.00. The van der Waals surface area contributed by atoms with Crippen molar-refractivity contribution in [2.45, 2.75) is 19.5 Å². The lowest BCUT2D eigenvalue weighted by molar-refractivity contribution is -0.140. The average molecular weight is 472 g/mol. The number of aliphatic hydroxyl groups excluding tert-OH is 1. The normalized spacial score (nSPS) is 17.8. The third kappa shape index (κ3) is 3.87. The van der Waals surface area contributed by atoms with E-state index in [1.54, 1.807) is 18.2 Å². The lowest BCUT2D eigenvalue weighted by Crippen LogP contribution is -2.29. The van der Waals surface area contributed by atoms with Gasteiger partial charge in [-0.3, -0.25) is 9.59 Å². The summed E-state index contributed by atoms with van der Waals surface area (Å²) in [4.78, 5) is 27.5. The van der Waals surface area contributed by atoms with Gasteiger partial charge in [0.15, 0.2) is 5.75 Å². The van der Waals surface area contributed by atoms with Gasteiger partial charge < -0.3 is 19.2 Å². The van der Waals surface area contributed by atoms with Crippen molar-refractivity contribution in [1.29, 1.82) is 0 Å². The zero-order chi connectivity index (χ0) is 23.0. The van der Waals surface area contributed by atoms with Crippen LogP contribution in [0.5, 0.6) is 5.75 Å². The number of aliphatic hydroxyl groups is 1. The van der Waals surface area contributed by atoms with Gasteiger partial charge in [-0.2, -0.15) is 0 Å². The van der Waals surface area contributed by atoms with Crippen LogP contribution in [0, 0.1) is 6.92 Å². The molecule has 1 aromatic heterocycles. The fourth-order valence-corrected chi connectivity index (χ4v) is 4.49. The quantitative estimate of drug-likeness (QED) is 0.300. The number of carbonyl (C=O) groups excluding carboxylic acids is 2. The van der Waals surface area contributed by atoms with Gasteiger partial charge in [-0.15, -0.1) is 0 Å². The predicted octanol–water partition coefficient (Wildman–Crippen LogP) is 5.53. The third-order valence-electron chi connectivity index (χ3n) is 5.28. The molecule has 6 nitrogen and oxygen atoms in total. The van der Waals surface area contributed by atoms with Crippen molar-refractivity contribution in [2.24, 2.45) is 0 Å². The smallest absolute Gasteiger partial charge is 0.296 e. The van der Waals surface area contributed by atoms with E-state index in [1.165, 1.54) is 30.4 Å². The van der Waals surface area contributed by atoms with E-state index in [0.29, 0.717) is 11.3 Å². The second-order valence-corrected chi connectivity index (χ2v) is 8.21. The van der Waals surface area contributed by atoms with E-state index in [-0.39, 0.29) is 39.2 Å². The van der Waals surface area contributed by atoms with Crippen molar-refractivity contribution in [1.82, 2.24) is 4.90 Å². The van der Waals surface area contributed by atoms with Crippen LogP contribution in [0.3, 0.4) is 0 Å². The largest absolute Gasteiger partial charge is 0.507 e. The molecule has 1 N–H and O–H groups in total. The Balaban J connectivity index is 1.90. The first-order valence-electron chi connectivity index (χ1n) is 9.72. The van der Waals surface area contributed by atoms with Crippen molar-refractivity contribution in [2.75, 3.05) is 7.11 Å². The fourth-order valence-electron chi connectivity index (χ4n) is 3.85. The molecule has 32 heavy (non-hydrogen) atoms. The molecule has 0 bridgehead atoms. The van der Waals surface area contributed by atoms with E-state index < -0.39 is 17.7 Å². The van der Waals surface area contributed by atoms with E-state index in [9.17, 15) is 14.7 Å². The standard InChI is InChI=1S/C24H19Cl2NO5/c1-13-5-3-6-14(9-13)20-19(21(28)15-10-17(25)23(31-2)18(26)11-15)22(29)24(30)27(20)12-16-7-4-8-32-16/h3-11,20,28H,12H2,1-2H3/b21-19+. The molecule has 1 fully saturated rings. The number of benzene rings is 2. The van der Waals surface area contributed by atoms with E-state index in [1.807, 2.05) is 25.1 Å². The highest BCUT2D eigenvalue weighted by atomic mass is 35.5. The van der Waals surface area contributed by atoms with Crippen LogP contribution >= 0.6 is 23.2 Å². The minimum absolute atomic E-state index is 0.0514. The molecule has 1 unspecified atom stereocenters. The maximum atomic E-state index is 13.1. The van der Waals surface area contributed by atoms with Gasteiger partial charge in [-0.1, -0.05) is 53.0 Å². The summed E-state index contributed by atoms with van der Waals surface area (Å²) in [5.74, 6) is -1.15. The lowest BCUT2D eigenvalue weighted by Gasteiger charge is -2.25. The van der Waals surface area contributed by atoms with Gasteiger partial charge in [0.1, 0.15) is 11.5 Å². The predicted molar refractivity (Wildman–Crippen MR) is 121 cm³/mol. The second-order valence-electron chi connectivity index (χ2n) is 7.39. The number of carbonyl (C=O) groups is 2. The summed E-state index contributed by atoms with van der Waals surface area (Å²) >= 11 is 12.5. The third-order valence-corrected chi connectivity index (χ3v) is 5.84. The molecule has 1 aliphatic heterocycles. The number of aryl methyl sites for hydroxylation is 1. The van der Waals surface area contributed by atoms with Gasteiger partial charge in [-0.25, -0.2) is 0 Å². The van der Waals surface area contributed by atoms with Crippen molar-refractivity contribution < 1.29 is 23.8 Å². The van der Waals surface area contributed by atoms with E-state index >= 15 is 0 Å². The summed E-state index contributed by atoms with van der Waals surface area (Å²) in [5.41, 5.74) is 1.78. The maximum Gasteiger partial charge on any atom is 0.296 e. The number of nitrogens with zero attached hydrogens (tertiary/aromatic N) is 1. The first kappa shape index (κ1) is 22.0. The Morgan fingerprint density at radius 1 is 1.12 bits per heavy atom. The van der Waals surface area contributed by atoms with Crippen molar-refractivity contribution >= 4 is 40.7 Å². The van der Waals surface area contributed by atoms with E-state index in [0.717, 1.165) is 5.56 Å². The summed E-state index contributed by atoms with van der Waals surface area (Å²) in [7, 11) is 1.42. The van der Waals surface area contributed by atoms with Gasteiger partial charge >= 0.3 is 0 Å². The molecule has 3 aromatic rings. The molecular weight excluding hydrogens is 453 g/mol. The van der Waals surface area contributed by atoms with Gasteiger partial charge in [0.25, 0.3) is 11.7 Å². The van der Waals surface area contributed by atoms with Crippen LogP contribution in [-0.2, 0) is 16.1 Å². The van der Waals surface area contributed by atoms with Crippen LogP contribution in [0.2, 0.25) is 10.0 Å². The van der Waals surface area contributed by atoms with Crippen molar-refractivity contribution in [3.05, 3.63) is 92.9 Å². The van der Waals surface area contributed by atoms with Crippen LogP contribution in [0.4, 0.5) is 0 Å². The van der Waals surface area contributed by atoms with Crippen LogP contribution in [-0.4, -0.2) is 28.8 Å². The number of rotatable bonds is 5. The first-order chi connectivity index (χ1) is 15.3. The Morgan fingerprint density at radius 2 is 1.84 bits per heavy atom. The average Bonchev–Trinajstić information content (AvgIpc) is 3.35. The molecule has 1 amide bonds. The number of ether oxygens (including phenoxy) is 1. The number of Topliss-reactive ketones (excluding diaryl/α,β-unsaturated/α-hetero) is 1. The molecule has 1 saturated heterocycles. The van der Waals surface area contributed by atoms with Gasteiger partial charge in [0.2, 0.25) is 0 Å². The van der Waals surface area contributed by atoms with Gasteiger partial charge in [0, 0.05) is 5.56 Å². The van der Waals surface area contributed by atoms with Gasteiger partial charge in [-0.05, 0) is 36.8 Å². The van der Waals surface area contributed by atoms with Crippen LogP contribution < -0.4 is 4.74 Å². The molecule has 164 valence electrons. The monoisotopic (exact) mass is 471 g/mol. The zero-order valence-corrected chi connectivity index (χ0v) is 18.8. The highest BCUT2D eigenvalue weighted by Gasteiger charge is 2.46. The SMILES string of the molecule is COc1c(Cl)cc(/C(O)=C2\C(=O)C(=O)N(Cc3ccco3)C2c2cccc(C)c2)cc1Cl. The molecular formula is C24H19Cl2NO5. The number of amides is 1. The molecule has 2 aromatic carbocycles. The highest BCUT2D eigenvalue weighted by Crippen LogP contribution is 2.42. The van der Waals surface area contributed by atoms with Crippen LogP contribution in [0.25, 0.3) is 5.76 Å². The second kappa shape index (κ2) is 8.73. The maximum absolute atomic E-state index is 13.1. The molecule has 1 atom stereocenters. The summed E-state index contributed by atoms with van der Waals surface area (Å²) in [5, 5.41) is 11.5. The van der Waals surface area contributed by atoms with Crippen molar-refractivity contribution in [3.8, 4) is 5.75 Å². The van der Waals surface area contributed by atoms with Crippen LogP contribution in [0.1, 0.15) is 28.5 Å². The summed E-state index contributed by atoms with van der Waals surface area (Å²) < 4.78 is 10.5. The molecule has 8 heteroatoms.